The maximum Gasteiger partial charge on any atom is 0.123 e. The van der Waals surface area contributed by atoms with Crippen molar-refractivity contribution >= 4 is 0 Å². The molecule has 3 heteroatoms. The van der Waals surface area contributed by atoms with Crippen molar-refractivity contribution in [2.24, 2.45) is 5.92 Å². The Morgan fingerprint density at radius 1 is 1.32 bits per heavy atom. The van der Waals surface area contributed by atoms with Gasteiger partial charge in [0.15, 0.2) is 0 Å². The van der Waals surface area contributed by atoms with E-state index < -0.39 is 0 Å². The Labute approximate surface area is 114 Å². The summed E-state index contributed by atoms with van der Waals surface area (Å²) in [5, 5.41) is 12.8. The van der Waals surface area contributed by atoms with Crippen LogP contribution in [0.3, 0.4) is 0 Å². The van der Waals surface area contributed by atoms with E-state index in [4.69, 9.17) is 0 Å². The number of nitrogens with zero attached hydrogens (tertiary/aromatic N) is 1. The van der Waals surface area contributed by atoms with Crippen LogP contribution in [0.1, 0.15) is 38.2 Å². The number of nitriles is 1. The monoisotopic (exact) mass is 260 g/mol. The van der Waals surface area contributed by atoms with Gasteiger partial charge in [0.25, 0.3) is 0 Å². The second-order valence-corrected chi connectivity index (χ2v) is 5.68. The molecule has 1 fully saturated rings. The molecular formula is C16H21FN2. The van der Waals surface area contributed by atoms with Gasteiger partial charge in [0.1, 0.15) is 11.4 Å². The minimum absolute atomic E-state index is 0.202. The zero-order valence-corrected chi connectivity index (χ0v) is 11.5. The van der Waals surface area contributed by atoms with Gasteiger partial charge >= 0.3 is 0 Å². The van der Waals surface area contributed by atoms with Crippen LogP contribution in [-0.4, -0.2) is 12.1 Å². The second-order valence-electron chi connectivity index (χ2n) is 5.68. The summed E-state index contributed by atoms with van der Waals surface area (Å²) < 4.78 is 12.8. The highest BCUT2D eigenvalue weighted by Crippen LogP contribution is 2.31. The highest BCUT2D eigenvalue weighted by atomic mass is 19.1. The number of rotatable bonds is 4. The van der Waals surface area contributed by atoms with E-state index in [0.717, 1.165) is 50.1 Å². The van der Waals surface area contributed by atoms with Crippen LogP contribution in [0.5, 0.6) is 0 Å². The zero-order chi connectivity index (χ0) is 13.7. The van der Waals surface area contributed by atoms with Crippen molar-refractivity contribution in [3.8, 4) is 6.07 Å². The Kier molecular flexibility index (Phi) is 4.55. The van der Waals surface area contributed by atoms with E-state index in [1.807, 2.05) is 0 Å². The quantitative estimate of drug-likeness (QED) is 0.900. The van der Waals surface area contributed by atoms with Gasteiger partial charge in [-0.15, -0.1) is 0 Å². The van der Waals surface area contributed by atoms with Crippen LogP contribution in [0.25, 0.3) is 0 Å². The van der Waals surface area contributed by atoms with Crippen LogP contribution in [0, 0.1) is 23.1 Å². The maximum atomic E-state index is 12.8. The lowest BCUT2D eigenvalue weighted by molar-refractivity contribution is 0.250. The smallest absolute Gasteiger partial charge is 0.123 e. The molecule has 0 heterocycles. The van der Waals surface area contributed by atoms with Crippen molar-refractivity contribution in [1.29, 1.82) is 5.26 Å². The first-order valence-corrected chi connectivity index (χ1v) is 7.04. The number of hydrogen-bond acceptors (Lipinski definition) is 2. The molecule has 0 saturated heterocycles. The molecular weight excluding hydrogens is 239 g/mol. The lowest BCUT2D eigenvalue weighted by Gasteiger charge is -2.34. The first-order chi connectivity index (χ1) is 9.13. The summed E-state index contributed by atoms with van der Waals surface area (Å²) >= 11 is 0. The molecule has 1 N–H and O–H groups in total. The third-order valence-electron chi connectivity index (χ3n) is 4.13. The van der Waals surface area contributed by atoms with E-state index >= 15 is 0 Å². The predicted molar refractivity (Wildman–Crippen MR) is 74.1 cm³/mol. The minimum atomic E-state index is -0.341. The molecule has 0 spiro atoms. The van der Waals surface area contributed by atoms with Gasteiger partial charge in [-0.2, -0.15) is 5.26 Å². The fourth-order valence-electron chi connectivity index (χ4n) is 2.68. The van der Waals surface area contributed by atoms with Gasteiger partial charge in [-0.25, -0.2) is 4.39 Å². The van der Waals surface area contributed by atoms with Gasteiger partial charge in [-0.05, 0) is 55.7 Å². The Hall–Kier alpha value is -1.40. The Morgan fingerprint density at radius 2 is 1.95 bits per heavy atom. The van der Waals surface area contributed by atoms with Crippen molar-refractivity contribution in [3.63, 3.8) is 0 Å². The minimum Gasteiger partial charge on any atom is -0.299 e. The van der Waals surface area contributed by atoms with Gasteiger partial charge < -0.3 is 0 Å². The van der Waals surface area contributed by atoms with Gasteiger partial charge in [0, 0.05) is 6.54 Å². The van der Waals surface area contributed by atoms with Gasteiger partial charge in [0.2, 0.25) is 0 Å². The van der Waals surface area contributed by atoms with Crippen molar-refractivity contribution in [2.75, 3.05) is 6.54 Å². The number of hydrogen-bond donors (Lipinski definition) is 1. The van der Waals surface area contributed by atoms with Crippen molar-refractivity contribution in [1.82, 2.24) is 5.32 Å². The van der Waals surface area contributed by atoms with Gasteiger partial charge in [-0.1, -0.05) is 19.1 Å². The third-order valence-corrected chi connectivity index (χ3v) is 4.13. The van der Waals surface area contributed by atoms with Crippen LogP contribution >= 0.6 is 0 Å². The third kappa shape index (κ3) is 3.78. The van der Waals surface area contributed by atoms with Gasteiger partial charge in [0.05, 0.1) is 6.07 Å². The molecule has 0 radical (unpaired) electrons. The fourth-order valence-corrected chi connectivity index (χ4v) is 2.68. The zero-order valence-electron chi connectivity index (χ0n) is 11.5. The Bertz CT molecular complexity index is 439. The standard InChI is InChI=1S/C16H21FN2/c1-13-6-9-16(12-18,10-7-13)19-11-8-14-2-4-15(17)5-3-14/h2-5,13,19H,6-11H2,1H3. The molecule has 1 saturated carbocycles. The van der Waals surface area contributed by atoms with E-state index in [0.29, 0.717) is 0 Å². The number of nitrogens with one attached hydrogen (secondary N) is 1. The topological polar surface area (TPSA) is 35.8 Å². The van der Waals surface area contributed by atoms with Crippen LogP contribution in [0.15, 0.2) is 24.3 Å². The molecule has 0 aliphatic heterocycles. The fraction of sp³-hybridized carbons (Fsp3) is 0.562. The van der Waals surface area contributed by atoms with E-state index in [1.165, 1.54) is 12.1 Å². The average Bonchev–Trinajstić information content (AvgIpc) is 2.44. The van der Waals surface area contributed by atoms with Crippen molar-refractivity contribution in [3.05, 3.63) is 35.6 Å². The maximum absolute atomic E-state index is 12.8. The summed E-state index contributed by atoms with van der Waals surface area (Å²) in [5.41, 5.74) is 0.762. The second kappa shape index (κ2) is 6.16. The summed E-state index contributed by atoms with van der Waals surface area (Å²) in [7, 11) is 0. The number of benzene rings is 1. The van der Waals surface area contributed by atoms with E-state index in [9.17, 15) is 9.65 Å². The predicted octanol–water partition coefficient (Wildman–Crippen LogP) is 3.43. The summed E-state index contributed by atoms with van der Waals surface area (Å²) in [6.07, 6.45) is 4.95. The first kappa shape index (κ1) is 14.0. The van der Waals surface area contributed by atoms with Crippen molar-refractivity contribution in [2.45, 2.75) is 44.6 Å². The molecule has 0 unspecified atom stereocenters. The molecule has 0 bridgehead atoms. The first-order valence-electron chi connectivity index (χ1n) is 7.04. The summed E-state index contributed by atoms with van der Waals surface area (Å²) in [4.78, 5) is 0. The Morgan fingerprint density at radius 3 is 2.53 bits per heavy atom. The molecule has 2 nitrogen and oxygen atoms in total. The van der Waals surface area contributed by atoms with Crippen LogP contribution in [0.2, 0.25) is 0 Å². The molecule has 19 heavy (non-hydrogen) atoms. The average molecular weight is 260 g/mol. The lowest BCUT2D eigenvalue weighted by atomic mass is 9.78. The van der Waals surface area contributed by atoms with E-state index in [-0.39, 0.29) is 11.4 Å². The van der Waals surface area contributed by atoms with Crippen LogP contribution < -0.4 is 5.32 Å². The molecule has 0 atom stereocenters. The lowest BCUT2D eigenvalue weighted by Crippen LogP contribution is -2.47. The van der Waals surface area contributed by atoms with Crippen LogP contribution in [-0.2, 0) is 6.42 Å². The highest BCUT2D eigenvalue weighted by molar-refractivity contribution is 5.17. The summed E-state index contributed by atoms with van der Waals surface area (Å²) in [5.74, 6) is 0.534. The SMILES string of the molecule is CC1CCC(C#N)(NCCc2ccc(F)cc2)CC1. The van der Waals surface area contributed by atoms with E-state index in [2.05, 4.69) is 18.3 Å². The molecule has 1 aliphatic carbocycles. The summed E-state index contributed by atoms with van der Waals surface area (Å²) in [6, 6.07) is 9.04. The molecule has 1 aliphatic rings. The Balaban J connectivity index is 1.84. The molecule has 0 amide bonds. The highest BCUT2D eigenvalue weighted by Gasteiger charge is 2.33. The van der Waals surface area contributed by atoms with Crippen LogP contribution in [0.4, 0.5) is 4.39 Å². The summed E-state index contributed by atoms with van der Waals surface area (Å²) in [6.45, 7) is 3.02. The molecule has 2 rings (SSSR count). The molecule has 1 aromatic rings. The molecule has 0 aromatic heterocycles. The molecule has 1 aromatic carbocycles. The van der Waals surface area contributed by atoms with E-state index in [1.54, 1.807) is 12.1 Å². The van der Waals surface area contributed by atoms with Gasteiger partial charge in [-0.3, -0.25) is 5.32 Å². The number of halogens is 1. The normalized spacial score (nSPS) is 26.9. The largest absolute Gasteiger partial charge is 0.299 e. The molecule has 102 valence electrons. The van der Waals surface area contributed by atoms with Crippen molar-refractivity contribution < 1.29 is 4.39 Å².